The maximum atomic E-state index is 11.0. The molecule has 4 aliphatic rings. The van der Waals surface area contributed by atoms with E-state index >= 15 is 0 Å². The van der Waals surface area contributed by atoms with Crippen LogP contribution in [0.4, 0.5) is 0 Å². The molecule has 2 aromatic carbocycles. The molecule has 0 saturated heterocycles. The van der Waals surface area contributed by atoms with Crippen molar-refractivity contribution in [3.63, 3.8) is 0 Å². The Bertz CT molecular complexity index is 2380. The summed E-state index contributed by atoms with van der Waals surface area (Å²) in [4.78, 5) is 22.0. The smallest absolute Gasteiger partial charge is 0.780 e. The van der Waals surface area contributed by atoms with Crippen LogP contribution in [0.15, 0.2) is 83.0 Å². The second kappa shape index (κ2) is 23.0. The third-order valence-electron chi connectivity index (χ3n) is 10.6. The fourth-order valence-electron chi connectivity index (χ4n) is 8.53. The Morgan fingerprint density at radius 2 is 1.19 bits per heavy atom. The summed E-state index contributed by atoms with van der Waals surface area (Å²) in [5.41, 5.74) is 6.55. The molecule has 0 aromatic heterocycles. The maximum Gasteiger partial charge on any atom is 1.00 e. The summed E-state index contributed by atoms with van der Waals surface area (Å²) in [5, 5.41) is 9.89. The van der Waals surface area contributed by atoms with E-state index in [1.807, 2.05) is 18.2 Å². The zero-order chi connectivity index (χ0) is 40.2. The molecule has 0 heterocycles. The first-order chi connectivity index (χ1) is 27.0. The topological polar surface area (TPSA) is 111 Å². The molecule has 4 bridgehead atoms. The van der Waals surface area contributed by atoms with E-state index in [0.29, 0.717) is 23.2 Å². The fraction of sp³-hybridized carbons (Fsp3) is 0.333. The largest absolute Gasteiger partial charge is 1.00 e. The van der Waals surface area contributed by atoms with E-state index < -0.39 is 7.82 Å². The third kappa shape index (κ3) is 12.3. The molecule has 0 amide bonds. The third-order valence-corrected chi connectivity index (χ3v) is 11.1. The zero-order valence-electron chi connectivity index (χ0n) is 34.0. The van der Waals surface area contributed by atoms with E-state index in [0.717, 1.165) is 49.0 Å². The number of phosphoric acid groups is 1. The number of rotatable bonds is 6. The number of methoxy groups -OCH3 is 2. The van der Waals surface area contributed by atoms with Crippen molar-refractivity contribution in [3.8, 4) is 83.6 Å². The van der Waals surface area contributed by atoms with Crippen LogP contribution in [0.1, 0.15) is 69.2 Å². The summed E-state index contributed by atoms with van der Waals surface area (Å²) in [6.07, 6.45) is 21.2. The van der Waals surface area contributed by atoms with Gasteiger partial charge in [-0.2, -0.15) is 0 Å². The van der Waals surface area contributed by atoms with Crippen LogP contribution in [0.3, 0.4) is 0 Å². The maximum absolute atomic E-state index is 11.0. The summed E-state index contributed by atoms with van der Waals surface area (Å²) in [5.74, 6) is 30.1. The Labute approximate surface area is 394 Å². The predicted molar refractivity (Wildman–Crippen MR) is 224 cm³/mol. The molecular weight excluding hydrogens is 765 g/mol. The van der Waals surface area contributed by atoms with Crippen molar-refractivity contribution >= 4 is 19.3 Å². The van der Waals surface area contributed by atoms with Crippen LogP contribution in [0.2, 0.25) is 0 Å². The van der Waals surface area contributed by atoms with Gasteiger partial charge in [-0.1, -0.05) is 72.2 Å². The van der Waals surface area contributed by atoms with Gasteiger partial charge in [0.2, 0.25) is 0 Å². The van der Waals surface area contributed by atoms with Crippen LogP contribution < -0.4 is 73.4 Å². The van der Waals surface area contributed by atoms with Crippen molar-refractivity contribution in [2.45, 2.75) is 52.4 Å². The molecule has 6 rings (SSSR count). The average Bonchev–Trinajstić information content (AvgIpc) is 3.16. The van der Waals surface area contributed by atoms with Crippen LogP contribution in [0.25, 0.3) is 11.5 Å². The second-order valence-corrected chi connectivity index (χ2v) is 15.1. The quantitative estimate of drug-likeness (QED) is 0.157. The number of allylic oxidation sites excluding steroid dienone is 6. The molecule has 0 spiro atoms. The number of benzene rings is 2. The van der Waals surface area contributed by atoms with Crippen LogP contribution >= 0.6 is 7.82 Å². The minimum Gasteiger partial charge on any atom is -0.780 e. The number of aromatic hydroxyl groups is 1. The molecule has 0 radical (unpaired) electrons. The van der Waals surface area contributed by atoms with Crippen molar-refractivity contribution in [1.29, 1.82) is 0 Å². The number of phenolic OH excluding ortho intramolecular Hbond substituents is 1. The SMILES string of the molecule is C#CC#CC#CC1C=C(C)C2CCCC1/C2=C(\OC)c1cccc(O)c1.C#CC#CC#CC1C=C(C)C2CCCC1/C2=C(\OC)c1cccc(OP(=O)([O-])[O-])c1.[HH].[HH].[HH].[HH].[Na+].[Na+]. The van der Waals surface area contributed by atoms with Crippen molar-refractivity contribution < 1.29 is 98.3 Å². The van der Waals surface area contributed by atoms with Gasteiger partial charge in [-0.15, -0.1) is 12.8 Å². The summed E-state index contributed by atoms with van der Waals surface area (Å²) in [6.45, 7) is 4.26. The molecule has 10 heteroatoms. The van der Waals surface area contributed by atoms with Crippen LogP contribution in [-0.2, 0) is 14.0 Å². The Morgan fingerprint density at radius 1 is 0.724 bits per heavy atom. The first kappa shape index (κ1) is 48.5. The van der Waals surface area contributed by atoms with Crippen molar-refractivity contribution in [3.05, 3.63) is 94.1 Å². The summed E-state index contributed by atoms with van der Waals surface area (Å²) < 4.78 is 27.2. The van der Waals surface area contributed by atoms with E-state index in [9.17, 15) is 19.5 Å². The number of terminal acetylenes is 2. The van der Waals surface area contributed by atoms with E-state index in [1.54, 1.807) is 32.4 Å². The molecule has 2 fully saturated rings. The number of ether oxygens (including phenoxy) is 2. The average molecular weight is 817 g/mol. The number of hydrogen-bond donors (Lipinski definition) is 1. The molecule has 1 N–H and O–H groups in total. The molecule has 2 saturated carbocycles. The van der Waals surface area contributed by atoms with E-state index in [4.69, 9.17) is 22.3 Å². The van der Waals surface area contributed by atoms with Gasteiger partial charge in [0.05, 0.1) is 14.2 Å². The van der Waals surface area contributed by atoms with E-state index in [-0.39, 0.29) is 100.0 Å². The number of phenols is 1. The molecule has 58 heavy (non-hydrogen) atoms. The van der Waals surface area contributed by atoms with Gasteiger partial charge in [0.1, 0.15) is 30.8 Å². The zero-order valence-corrected chi connectivity index (χ0v) is 38.9. The summed E-state index contributed by atoms with van der Waals surface area (Å²) in [7, 11) is -1.86. The monoisotopic (exact) mass is 816 g/mol. The second-order valence-electron chi connectivity index (χ2n) is 14.0. The molecule has 0 aliphatic heterocycles. The summed E-state index contributed by atoms with van der Waals surface area (Å²) in [6, 6.07) is 13.6. The van der Waals surface area contributed by atoms with Crippen LogP contribution in [-0.4, -0.2) is 19.3 Å². The minimum atomic E-state index is -5.15. The molecule has 7 nitrogen and oxygen atoms in total. The minimum absolute atomic E-state index is 0. The first-order valence-corrected chi connectivity index (χ1v) is 19.9. The molecule has 2 aromatic rings. The van der Waals surface area contributed by atoms with Crippen LogP contribution in [0.5, 0.6) is 11.5 Å². The van der Waals surface area contributed by atoms with Gasteiger partial charge in [-0.3, -0.25) is 0 Å². The Balaban J connectivity index is 0. The van der Waals surface area contributed by atoms with Gasteiger partial charge in [0, 0.05) is 52.3 Å². The standard InChI is InChI=1S/C24H23O5P.C24H22O2.2Na.4H2/c1-4-5-6-7-10-18-15-17(2)21-13-9-14-22(18)23(21)24(28-3)19-11-8-12-20(16-19)29-30(25,26)27;1-4-5-6-7-10-18-15-17(2)21-13-9-14-22(18)23(21)24(26-3)19-11-8-12-20(25)16-19;;;;;;/h1,8,11-12,15-16,18,21-22H,9,13-14H2,2-3H3,(H2,25,26,27);1,8,11-12,15-16,18,21-22,25H,9,13-14H2,2-3H3;;;4*1H/q;;2*+1;;;;/p-2/b2*24-23-;;;;;;. The Morgan fingerprint density at radius 3 is 1.62 bits per heavy atom. The Hall–Kier alpha value is -3.89. The molecule has 4 aliphatic carbocycles. The molecule has 292 valence electrons. The van der Waals surface area contributed by atoms with E-state index in [2.05, 4.69) is 89.7 Å². The predicted octanol–water partition coefficient (Wildman–Crippen LogP) is 2.26. The first-order valence-electron chi connectivity index (χ1n) is 18.5. The molecule has 6 unspecified atom stereocenters. The van der Waals surface area contributed by atoms with Gasteiger partial charge < -0.3 is 33.5 Å². The van der Waals surface area contributed by atoms with Gasteiger partial charge in [-0.25, -0.2) is 0 Å². The number of hydrogen-bond acceptors (Lipinski definition) is 7. The normalized spacial score (nSPS) is 23.9. The van der Waals surface area contributed by atoms with Gasteiger partial charge in [0.25, 0.3) is 0 Å². The van der Waals surface area contributed by atoms with Gasteiger partial charge >= 0.3 is 59.1 Å². The van der Waals surface area contributed by atoms with E-state index in [1.165, 1.54) is 35.3 Å². The van der Waals surface area contributed by atoms with Crippen molar-refractivity contribution in [1.82, 2.24) is 0 Å². The fourth-order valence-corrected chi connectivity index (χ4v) is 8.90. The number of phosphoric ester groups is 1. The Kier molecular flexibility index (Phi) is 19.3. The van der Waals surface area contributed by atoms with Crippen molar-refractivity contribution in [2.24, 2.45) is 35.5 Å². The molecule has 6 atom stereocenters. The molecular formula is C48H51Na2O7P. The van der Waals surface area contributed by atoms with Crippen LogP contribution in [0, 0.1) is 108 Å². The summed E-state index contributed by atoms with van der Waals surface area (Å²) >= 11 is 0. The van der Waals surface area contributed by atoms with Crippen molar-refractivity contribution in [2.75, 3.05) is 14.2 Å². The van der Waals surface area contributed by atoms with Gasteiger partial charge in [0.15, 0.2) is 0 Å². The van der Waals surface area contributed by atoms with Gasteiger partial charge in [-0.05, 0) is 122 Å². The number of fused-ring (bicyclic) bond motifs is 4.